The van der Waals surface area contributed by atoms with Crippen LogP contribution in [0.4, 0.5) is 5.69 Å². The van der Waals surface area contributed by atoms with E-state index in [-0.39, 0.29) is 36.3 Å². The molecule has 1 fully saturated rings. The van der Waals surface area contributed by atoms with Gasteiger partial charge in [-0.15, -0.1) is 12.4 Å². The van der Waals surface area contributed by atoms with Crippen LogP contribution in [0.3, 0.4) is 0 Å². The number of aliphatic hydroxyl groups is 1. The smallest absolute Gasteiger partial charge is 0.169 e. The van der Waals surface area contributed by atoms with Crippen LogP contribution in [0.25, 0.3) is 0 Å². The lowest BCUT2D eigenvalue weighted by molar-refractivity contribution is 0.0441. The average Bonchev–Trinajstić information content (AvgIpc) is 3.41. The van der Waals surface area contributed by atoms with E-state index in [1.165, 1.54) is 11.3 Å². The number of nitrogens with one attached hydrogen (secondary N) is 3. The first-order valence-electron chi connectivity index (χ1n) is 10.8. The van der Waals surface area contributed by atoms with Crippen molar-refractivity contribution in [1.82, 2.24) is 10.3 Å². The minimum Gasteiger partial charge on any atom is -0.488 e. The van der Waals surface area contributed by atoms with Crippen LogP contribution in [0.1, 0.15) is 46.6 Å². The minimum absolute atomic E-state index is 0. The summed E-state index contributed by atoms with van der Waals surface area (Å²) in [5, 5.41) is 17.6. The molecule has 1 aromatic heterocycles. The molecule has 0 bridgehead atoms. The molecule has 7 heteroatoms. The number of benzene rings is 1. The first-order valence-corrected chi connectivity index (χ1v) is 10.8. The van der Waals surface area contributed by atoms with Crippen LogP contribution in [0, 0.1) is 12.8 Å². The third-order valence-corrected chi connectivity index (χ3v) is 6.67. The number of Topliss-reactive ketones (excluding diaryl/α,β-unsaturated/α-hetero) is 1. The van der Waals surface area contributed by atoms with Crippen molar-refractivity contribution in [3.05, 3.63) is 46.8 Å². The van der Waals surface area contributed by atoms with Crippen molar-refractivity contribution in [3.8, 4) is 5.75 Å². The molecule has 30 heavy (non-hydrogen) atoms. The molecule has 162 valence electrons. The Morgan fingerprint density at radius 3 is 2.93 bits per heavy atom. The van der Waals surface area contributed by atoms with E-state index < -0.39 is 6.10 Å². The summed E-state index contributed by atoms with van der Waals surface area (Å²) in [5.74, 6) is 1.03. The van der Waals surface area contributed by atoms with E-state index in [1.807, 2.05) is 19.1 Å². The number of carbonyl (C=O) groups is 1. The molecule has 0 radical (unpaired) electrons. The number of hydrogen-bond acceptors (Lipinski definition) is 5. The molecule has 1 saturated carbocycles. The van der Waals surface area contributed by atoms with E-state index in [0.717, 1.165) is 61.3 Å². The summed E-state index contributed by atoms with van der Waals surface area (Å²) in [7, 11) is 0. The largest absolute Gasteiger partial charge is 0.488 e. The standard InChI is InChI=1S/C23H29N3O3.ClH/c1-13-10-17-19(26-13)4-2-15(22(17)27)12-25-20-6-7-21(23(20)28)29-16-3-5-18-14(11-16)8-9-24-18;/h3,5,10-11,15,20-21,23-26,28H,2,4,6-9,12H2,1H3;1H. The van der Waals surface area contributed by atoms with Gasteiger partial charge in [0.25, 0.3) is 0 Å². The number of aromatic amines is 1. The van der Waals surface area contributed by atoms with Gasteiger partial charge in [0.1, 0.15) is 18.0 Å². The molecular formula is C23H30ClN3O3. The van der Waals surface area contributed by atoms with E-state index in [2.05, 4.69) is 27.8 Å². The van der Waals surface area contributed by atoms with Gasteiger partial charge in [0.2, 0.25) is 0 Å². The van der Waals surface area contributed by atoms with E-state index >= 15 is 0 Å². The van der Waals surface area contributed by atoms with Gasteiger partial charge in [-0.1, -0.05) is 0 Å². The van der Waals surface area contributed by atoms with E-state index in [4.69, 9.17) is 4.74 Å². The summed E-state index contributed by atoms with van der Waals surface area (Å²) < 4.78 is 6.12. The van der Waals surface area contributed by atoms with Crippen molar-refractivity contribution >= 4 is 23.9 Å². The molecule has 3 aliphatic rings. The fourth-order valence-electron chi connectivity index (χ4n) is 5.05. The number of ketones is 1. The number of fused-ring (bicyclic) bond motifs is 2. The molecular weight excluding hydrogens is 402 g/mol. The van der Waals surface area contributed by atoms with Gasteiger partial charge < -0.3 is 25.5 Å². The number of aromatic nitrogens is 1. The van der Waals surface area contributed by atoms with Crippen LogP contribution in [-0.4, -0.2) is 47.2 Å². The van der Waals surface area contributed by atoms with Gasteiger partial charge in [-0.25, -0.2) is 0 Å². The topological polar surface area (TPSA) is 86.4 Å². The van der Waals surface area contributed by atoms with Gasteiger partial charge in [0.15, 0.2) is 5.78 Å². The Morgan fingerprint density at radius 2 is 2.07 bits per heavy atom. The Kier molecular flexibility index (Phi) is 6.09. The van der Waals surface area contributed by atoms with Gasteiger partial charge in [-0.2, -0.15) is 0 Å². The number of halogens is 1. The second kappa shape index (κ2) is 8.61. The monoisotopic (exact) mass is 431 g/mol. The maximum absolute atomic E-state index is 12.8. The predicted molar refractivity (Wildman–Crippen MR) is 119 cm³/mol. The van der Waals surface area contributed by atoms with Crippen molar-refractivity contribution in [2.75, 3.05) is 18.4 Å². The van der Waals surface area contributed by atoms with Crippen LogP contribution in [-0.2, 0) is 12.8 Å². The molecule has 6 nitrogen and oxygen atoms in total. The van der Waals surface area contributed by atoms with E-state index in [9.17, 15) is 9.90 Å². The second-order valence-electron chi connectivity index (χ2n) is 8.68. The molecule has 2 heterocycles. The Morgan fingerprint density at radius 1 is 1.20 bits per heavy atom. The Balaban J connectivity index is 0.00000218. The minimum atomic E-state index is -0.565. The third-order valence-electron chi connectivity index (χ3n) is 6.67. The number of carbonyl (C=O) groups excluding carboxylic acids is 1. The van der Waals surface area contributed by atoms with Crippen molar-refractivity contribution in [2.45, 2.75) is 57.3 Å². The lowest BCUT2D eigenvalue weighted by atomic mass is 9.86. The number of H-pyrrole nitrogens is 1. The molecule has 5 rings (SSSR count). The van der Waals surface area contributed by atoms with Crippen molar-refractivity contribution < 1.29 is 14.6 Å². The zero-order valence-electron chi connectivity index (χ0n) is 17.2. The molecule has 2 aromatic rings. The number of aryl methyl sites for hydroxylation is 2. The lowest BCUT2D eigenvalue weighted by Gasteiger charge is -2.25. The maximum atomic E-state index is 12.8. The predicted octanol–water partition coefficient (Wildman–Crippen LogP) is 3.02. The molecule has 4 N–H and O–H groups in total. The molecule has 4 unspecified atom stereocenters. The fourth-order valence-corrected chi connectivity index (χ4v) is 5.05. The Hall–Kier alpha value is -2.02. The summed E-state index contributed by atoms with van der Waals surface area (Å²) >= 11 is 0. The quantitative estimate of drug-likeness (QED) is 0.584. The zero-order chi connectivity index (χ0) is 20.0. The van der Waals surface area contributed by atoms with Crippen LogP contribution >= 0.6 is 12.4 Å². The first-order chi connectivity index (χ1) is 14.1. The van der Waals surface area contributed by atoms with Crippen molar-refractivity contribution in [3.63, 3.8) is 0 Å². The number of aliphatic hydroxyl groups excluding tert-OH is 1. The third kappa shape index (κ3) is 3.96. The molecule has 0 saturated heterocycles. The molecule has 2 aliphatic carbocycles. The highest BCUT2D eigenvalue weighted by Gasteiger charge is 2.37. The highest BCUT2D eigenvalue weighted by atomic mass is 35.5. The van der Waals surface area contributed by atoms with Crippen molar-refractivity contribution in [2.24, 2.45) is 5.92 Å². The summed E-state index contributed by atoms with van der Waals surface area (Å²) in [6.07, 6.45) is 3.67. The number of rotatable bonds is 5. The van der Waals surface area contributed by atoms with E-state index in [0.29, 0.717) is 6.54 Å². The number of hydrogen-bond donors (Lipinski definition) is 4. The Labute approximate surface area is 183 Å². The van der Waals surface area contributed by atoms with Gasteiger partial charge in [0.05, 0.1) is 0 Å². The Bertz CT molecular complexity index is 928. The SMILES string of the molecule is Cc1cc2c([nH]1)CCC(CNC1CCC(Oc3ccc4c(c3)CCN4)C1O)C2=O.Cl. The molecule has 4 atom stereocenters. The summed E-state index contributed by atoms with van der Waals surface area (Å²) in [6.45, 7) is 3.58. The first kappa shape index (κ1) is 21.2. The van der Waals surface area contributed by atoms with Gasteiger partial charge in [-0.05, 0) is 68.9 Å². The normalized spacial score (nSPS) is 27.2. The summed E-state index contributed by atoms with van der Waals surface area (Å²) in [4.78, 5) is 16.1. The second-order valence-corrected chi connectivity index (χ2v) is 8.68. The maximum Gasteiger partial charge on any atom is 0.169 e. The number of anilines is 1. The van der Waals surface area contributed by atoms with Crippen LogP contribution in [0.2, 0.25) is 0 Å². The van der Waals surface area contributed by atoms with E-state index in [1.54, 1.807) is 0 Å². The molecule has 0 spiro atoms. The molecule has 1 aliphatic heterocycles. The van der Waals surface area contributed by atoms with Crippen molar-refractivity contribution in [1.29, 1.82) is 0 Å². The van der Waals surface area contributed by atoms with Gasteiger partial charge >= 0.3 is 0 Å². The summed E-state index contributed by atoms with van der Waals surface area (Å²) in [6, 6.07) is 8.05. The average molecular weight is 432 g/mol. The van der Waals surface area contributed by atoms with Crippen LogP contribution in [0.15, 0.2) is 24.3 Å². The number of ether oxygens (including phenoxy) is 1. The lowest BCUT2D eigenvalue weighted by Crippen LogP contribution is -2.44. The zero-order valence-corrected chi connectivity index (χ0v) is 18.1. The fraction of sp³-hybridized carbons (Fsp3) is 0.522. The molecule has 1 aromatic carbocycles. The highest BCUT2D eigenvalue weighted by Crippen LogP contribution is 2.31. The summed E-state index contributed by atoms with van der Waals surface area (Å²) in [5.41, 5.74) is 5.43. The molecule has 0 amide bonds. The highest BCUT2D eigenvalue weighted by molar-refractivity contribution is 6.00. The van der Waals surface area contributed by atoms with Crippen LogP contribution in [0.5, 0.6) is 5.75 Å². The van der Waals surface area contributed by atoms with Gasteiger partial charge in [-0.3, -0.25) is 4.79 Å². The van der Waals surface area contributed by atoms with Crippen LogP contribution < -0.4 is 15.4 Å². The van der Waals surface area contributed by atoms with Gasteiger partial charge in [0, 0.05) is 47.7 Å².